The zero-order valence-corrected chi connectivity index (χ0v) is 15.8. The molecule has 6 heteroatoms. The number of hydrogen-bond acceptors (Lipinski definition) is 3. The Balaban J connectivity index is 1.34. The van der Waals surface area contributed by atoms with Crippen molar-refractivity contribution in [1.82, 2.24) is 15.5 Å². The van der Waals surface area contributed by atoms with Crippen LogP contribution >= 0.6 is 0 Å². The molecule has 0 unspecified atom stereocenters. The third-order valence-electron chi connectivity index (χ3n) is 5.24. The Morgan fingerprint density at radius 3 is 2.61 bits per heavy atom. The van der Waals surface area contributed by atoms with E-state index in [9.17, 15) is 9.18 Å². The largest absolute Gasteiger partial charge is 0.355 e. The Morgan fingerprint density at radius 1 is 1.14 bits per heavy atom. The van der Waals surface area contributed by atoms with E-state index in [1.807, 2.05) is 30.3 Å². The average Bonchev–Trinajstić information content (AvgIpc) is 3.21. The van der Waals surface area contributed by atoms with Crippen LogP contribution in [0.5, 0.6) is 0 Å². The van der Waals surface area contributed by atoms with Gasteiger partial charge in [0.05, 0.1) is 5.69 Å². The first-order valence-corrected chi connectivity index (χ1v) is 9.53. The summed E-state index contributed by atoms with van der Waals surface area (Å²) in [5.41, 5.74) is 3.00. The molecular weight excluding hydrogens is 355 g/mol. The van der Waals surface area contributed by atoms with E-state index in [4.69, 9.17) is 0 Å². The third kappa shape index (κ3) is 3.91. The monoisotopic (exact) mass is 378 g/mol. The van der Waals surface area contributed by atoms with Crippen molar-refractivity contribution in [2.75, 3.05) is 18.0 Å². The molecule has 0 atom stereocenters. The van der Waals surface area contributed by atoms with Gasteiger partial charge in [0.15, 0.2) is 5.82 Å². The van der Waals surface area contributed by atoms with Crippen molar-refractivity contribution in [3.63, 3.8) is 0 Å². The number of benzene rings is 2. The molecule has 1 aliphatic heterocycles. The van der Waals surface area contributed by atoms with E-state index >= 15 is 0 Å². The zero-order valence-electron chi connectivity index (χ0n) is 15.8. The summed E-state index contributed by atoms with van der Waals surface area (Å²) in [6.45, 7) is 3.31. The van der Waals surface area contributed by atoms with Crippen LogP contribution in [0.4, 0.5) is 10.2 Å². The Hall–Kier alpha value is -3.15. The molecule has 5 nitrogen and oxygen atoms in total. The molecule has 4 rings (SSSR count). The smallest absolute Gasteiger partial charge is 0.251 e. The number of anilines is 1. The first-order chi connectivity index (χ1) is 13.6. The van der Waals surface area contributed by atoms with Crippen LogP contribution in [-0.4, -0.2) is 35.2 Å². The highest BCUT2D eigenvalue weighted by atomic mass is 19.1. The molecule has 1 aliphatic rings. The summed E-state index contributed by atoms with van der Waals surface area (Å²) < 4.78 is 13.7. The van der Waals surface area contributed by atoms with Crippen molar-refractivity contribution in [3.05, 3.63) is 71.5 Å². The van der Waals surface area contributed by atoms with Gasteiger partial charge in [-0.3, -0.25) is 9.89 Å². The molecule has 144 valence electrons. The number of carbonyl (C=O) groups is 1. The van der Waals surface area contributed by atoms with Crippen molar-refractivity contribution >= 4 is 11.7 Å². The Labute approximate surface area is 163 Å². The van der Waals surface area contributed by atoms with E-state index in [2.05, 4.69) is 26.5 Å². The molecule has 1 saturated heterocycles. The Bertz CT molecular complexity index is 962. The number of aromatic nitrogens is 2. The number of nitrogens with one attached hydrogen (secondary N) is 2. The van der Waals surface area contributed by atoms with Crippen LogP contribution in [0.2, 0.25) is 0 Å². The van der Waals surface area contributed by atoms with Gasteiger partial charge in [0.2, 0.25) is 0 Å². The Kier molecular flexibility index (Phi) is 5.10. The van der Waals surface area contributed by atoms with Gasteiger partial charge in [-0.15, -0.1) is 0 Å². The number of nitrogens with zero attached hydrogens (tertiary/aromatic N) is 2. The minimum Gasteiger partial charge on any atom is -0.355 e. The Morgan fingerprint density at radius 2 is 1.89 bits per heavy atom. The number of amides is 1. The minimum atomic E-state index is -0.352. The second-order valence-electron chi connectivity index (χ2n) is 7.20. The predicted octanol–water partition coefficient (Wildman–Crippen LogP) is 3.92. The number of carbonyl (C=O) groups excluding carboxylic acids is 1. The first-order valence-electron chi connectivity index (χ1n) is 9.53. The average molecular weight is 378 g/mol. The van der Waals surface area contributed by atoms with Crippen molar-refractivity contribution in [2.45, 2.75) is 25.8 Å². The summed E-state index contributed by atoms with van der Waals surface area (Å²) in [6.07, 6.45) is 1.65. The fourth-order valence-corrected chi connectivity index (χ4v) is 3.49. The van der Waals surface area contributed by atoms with Crippen LogP contribution in [0.15, 0.2) is 54.6 Å². The quantitative estimate of drug-likeness (QED) is 0.723. The maximum atomic E-state index is 13.7. The van der Waals surface area contributed by atoms with E-state index in [0.29, 0.717) is 11.1 Å². The van der Waals surface area contributed by atoms with Crippen LogP contribution in [0.3, 0.4) is 0 Å². The van der Waals surface area contributed by atoms with Gasteiger partial charge in [0.25, 0.3) is 5.91 Å². The highest BCUT2D eigenvalue weighted by molar-refractivity contribution is 5.94. The van der Waals surface area contributed by atoms with Crippen molar-refractivity contribution in [2.24, 2.45) is 0 Å². The third-order valence-corrected chi connectivity index (χ3v) is 5.24. The van der Waals surface area contributed by atoms with Crippen molar-refractivity contribution < 1.29 is 9.18 Å². The molecule has 2 N–H and O–H groups in total. The molecule has 1 aromatic heterocycles. The molecule has 28 heavy (non-hydrogen) atoms. The molecule has 0 aliphatic carbocycles. The van der Waals surface area contributed by atoms with Gasteiger partial charge < -0.3 is 10.2 Å². The van der Waals surface area contributed by atoms with Gasteiger partial charge in [-0.25, -0.2) is 4.39 Å². The summed E-state index contributed by atoms with van der Waals surface area (Å²) in [5.74, 6) is 0.350. The molecule has 2 heterocycles. The number of aromatic amines is 1. The lowest BCUT2D eigenvalue weighted by molar-refractivity contribution is 0.0930. The summed E-state index contributed by atoms with van der Waals surface area (Å²) in [6, 6.07) is 16.8. The molecule has 2 aromatic carbocycles. The van der Waals surface area contributed by atoms with Gasteiger partial charge in [0.1, 0.15) is 5.82 Å². The standard InChI is InChI=1S/C22H23FN4O/c1-15-7-8-17(13-19(15)23)22(28)24-18-9-11-27(12-10-18)21-14-20(25-26-21)16-5-3-2-4-6-16/h2-8,13-14,18H,9-12H2,1H3,(H,24,28)(H,25,26). The molecule has 0 radical (unpaired) electrons. The molecule has 0 spiro atoms. The van der Waals surface area contributed by atoms with E-state index in [1.54, 1.807) is 19.1 Å². The maximum absolute atomic E-state index is 13.7. The van der Waals surface area contributed by atoms with E-state index in [0.717, 1.165) is 43.0 Å². The predicted molar refractivity (Wildman–Crippen MR) is 108 cm³/mol. The second kappa shape index (κ2) is 7.84. The lowest BCUT2D eigenvalue weighted by atomic mass is 10.0. The number of H-pyrrole nitrogens is 1. The highest BCUT2D eigenvalue weighted by Crippen LogP contribution is 2.24. The lowest BCUT2D eigenvalue weighted by Gasteiger charge is -2.32. The van der Waals surface area contributed by atoms with Crippen LogP contribution in [0, 0.1) is 12.7 Å². The molecule has 0 saturated carbocycles. The fraction of sp³-hybridized carbons (Fsp3) is 0.273. The summed E-state index contributed by atoms with van der Waals surface area (Å²) >= 11 is 0. The molecule has 3 aromatic rings. The van der Waals surface area contributed by atoms with Crippen LogP contribution in [0.1, 0.15) is 28.8 Å². The normalized spacial score (nSPS) is 14.9. The van der Waals surface area contributed by atoms with Gasteiger partial charge in [0, 0.05) is 30.8 Å². The summed E-state index contributed by atoms with van der Waals surface area (Å²) in [5, 5.41) is 10.6. The fourth-order valence-electron chi connectivity index (χ4n) is 3.49. The van der Waals surface area contributed by atoms with Crippen molar-refractivity contribution in [3.8, 4) is 11.3 Å². The topological polar surface area (TPSA) is 61.0 Å². The number of hydrogen-bond donors (Lipinski definition) is 2. The van der Waals surface area contributed by atoms with Crippen molar-refractivity contribution in [1.29, 1.82) is 0 Å². The summed E-state index contributed by atoms with van der Waals surface area (Å²) in [7, 11) is 0. The van der Waals surface area contributed by atoms with Gasteiger partial charge in [-0.2, -0.15) is 5.10 Å². The number of piperidine rings is 1. The van der Waals surface area contributed by atoms with Crippen LogP contribution < -0.4 is 10.2 Å². The van der Waals surface area contributed by atoms with Gasteiger partial charge in [-0.05, 0) is 43.0 Å². The van der Waals surface area contributed by atoms with E-state index in [1.165, 1.54) is 6.07 Å². The van der Waals surface area contributed by atoms with Crippen LogP contribution in [0.25, 0.3) is 11.3 Å². The first kappa shape index (κ1) is 18.2. The lowest BCUT2D eigenvalue weighted by Crippen LogP contribution is -2.44. The van der Waals surface area contributed by atoms with E-state index < -0.39 is 0 Å². The molecule has 0 bridgehead atoms. The number of rotatable bonds is 4. The summed E-state index contributed by atoms with van der Waals surface area (Å²) in [4.78, 5) is 14.6. The van der Waals surface area contributed by atoms with E-state index in [-0.39, 0.29) is 17.8 Å². The van der Waals surface area contributed by atoms with Gasteiger partial charge in [-0.1, -0.05) is 36.4 Å². The molecular formula is C22H23FN4O. The molecule has 1 amide bonds. The number of halogens is 1. The zero-order chi connectivity index (χ0) is 19.5. The van der Waals surface area contributed by atoms with Gasteiger partial charge >= 0.3 is 0 Å². The van der Waals surface area contributed by atoms with Crippen LogP contribution in [-0.2, 0) is 0 Å². The maximum Gasteiger partial charge on any atom is 0.251 e. The molecule has 1 fully saturated rings. The minimum absolute atomic E-state index is 0.0839. The number of aryl methyl sites for hydroxylation is 1. The SMILES string of the molecule is Cc1ccc(C(=O)NC2CCN(c3cc(-c4ccccc4)[nH]n3)CC2)cc1F. The highest BCUT2D eigenvalue weighted by Gasteiger charge is 2.23. The second-order valence-corrected chi connectivity index (χ2v) is 7.20.